The molecule has 1 fully saturated rings. The first-order chi connectivity index (χ1) is 15.5. The van der Waals surface area contributed by atoms with Crippen LogP contribution in [0.3, 0.4) is 0 Å². The molecule has 1 aliphatic heterocycles. The predicted molar refractivity (Wildman–Crippen MR) is 119 cm³/mol. The lowest BCUT2D eigenvalue weighted by Crippen LogP contribution is -2.41. The maximum atomic E-state index is 12.9. The molecule has 1 aromatic carbocycles. The molecule has 1 saturated heterocycles. The summed E-state index contributed by atoms with van der Waals surface area (Å²) >= 11 is 0. The smallest absolute Gasteiger partial charge is 0.259 e. The molecule has 3 aromatic rings. The van der Waals surface area contributed by atoms with Crippen LogP contribution in [0.1, 0.15) is 36.2 Å². The number of aryl methyl sites for hydroxylation is 1. The minimum absolute atomic E-state index is 0.0614. The van der Waals surface area contributed by atoms with Gasteiger partial charge in [0.2, 0.25) is 5.91 Å². The Bertz CT molecular complexity index is 1050. The van der Waals surface area contributed by atoms with E-state index >= 15 is 0 Å². The number of anilines is 1. The third kappa shape index (κ3) is 4.88. The van der Waals surface area contributed by atoms with Gasteiger partial charge in [0.15, 0.2) is 6.10 Å². The Morgan fingerprint density at radius 1 is 1.16 bits per heavy atom. The zero-order chi connectivity index (χ0) is 22.5. The Morgan fingerprint density at radius 3 is 2.56 bits per heavy atom. The SMILES string of the molecule is CO[C@H](C(=O)Nc1ccnn1C1CCN(C(=O)Cn2ccc(C)n2)CC1)c1ccccc1. The Labute approximate surface area is 187 Å². The van der Waals surface area contributed by atoms with Crippen LogP contribution in [0.4, 0.5) is 5.82 Å². The molecule has 1 N–H and O–H groups in total. The van der Waals surface area contributed by atoms with E-state index in [1.165, 1.54) is 7.11 Å². The molecule has 2 amide bonds. The van der Waals surface area contributed by atoms with Gasteiger partial charge in [-0.3, -0.25) is 14.3 Å². The number of hydrogen-bond acceptors (Lipinski definition) is 5. The van der Waals surface area contributed by atoms with E-state index in [-0.39, 0.29) is 24.4 Å². The van der Waals surface area contributed by atoms with Crippen molar-refractivity contribution in [3.05, 3.63) is 66.1 Å². The molecular formula is C23H28N6O3. The summed E-state index contributed by atoms with van der Waals surface area (Å²) in [5.41, 5.74) is 1.69. The van der Waals surface area contributed by atoms with E-state index < -0.39 is 6.10 Å². The molecule has 0 unspecified atom stereocenters. The molecule has 3 heterocycles. The number of methoxy groups -OCH3 is 1. The number of carbonyl (C=O) groups excluding carboxylic acids is 2. The Balaban J connectivity index is 1.36. The van der Waals surface area contributed by atoms with Gasteiger partial charge in [-0.25, -0.2) is 4.68 Å². The number of aromatic nitrogens is 4. The van der Waals surface area contributed by atoms with E-state index in [0.717, 1.165) is 24.1 Å². The van der Waals surface area contributed by atoms with Crippen LogP contribution < -0.4 is 5.32 Å². The third-order valence-electron chi connectivity index (χ3n) is 5.73. The van der Waals surface area contributed by atoms with E-state index in [4.69, 9.17) is 4.74 Å². The summed E-state index contributed by atoms with van der Waals surface area (Å²) in [6.07, 6.45) is 4.32. The lowest BCUT2D eigenvalue weighted by Gasteiger charge is -2.32. The Kier molecular flexibility index (Phi) is 6.65. The molecule has 9 nitrogen and oxygen atoms in total. The highest BCUT2D eigenvalue weighted by atomic mass is 16.5. The van der Waals surface area contributed by atoms with Crippen LogP contribution in [-0.4, -0.2) is 56.5 Å². The normalized spacial score (nSPS) is 15.5. The van der Waals surface area contributed by atoms with Crippen LogP contribution in [-0.2, 0) is 20.9 Å². The minimum atomic E-state index is -0.704. The molecule has 0 aliphatic carbocycles. The number of nitrogens with one attached hydrogen (secondary N) is 1. The highest BCUT2D eigenvalue weighted by molar-refractivity contribution is 5.94. The first-order valence-electron chi connectivity index (χ1n) is 10.7. The van der Waals surface area contributed by atoms with Gasteiger partial charge in [-0.1, -0.05) is 30.3 Å². The summed E-state index contributed by atoms with van der Waals surface area (Å²) in [6.45, 7) is 3.44. The average molecular weight is 437 g/mol. The summed E-state index contributed by atoms with van der Waals surface area (Å²) in [7, 11) is 1.52. The van der Waals surface area contributed by atoms with Gasteiger partial charge >= 0.3 is 0 Å². The van der Waals surface area contributed by atoms with Gasteiger partial charge in [0.05, 0.1) is 17.9 Å². The first kappa shape index (κ1) is 21.8. The third-order valence-corrected chi connectivity index (χ3v) is 5.73. The molecular weight excluding hydrogens is 408 g/mol. The zero-order valence-electron chi connectivity index (χ0n) is 18.3. The van der Waals surface area contributed by atoms with Gasteiger partial charge in [0.1, 0.15) is 12.4 Å². The quantitative estimate of drug-likeness (QED) is 0.614. The lowest BCUT2D eigenvalue weighted by molar-refractivity contribution is -0.133. The topological polar surface area (TPSA) is 94.3 Å². The fraction of sp³-hybridized carbons (Fsp3) is 0.391. The summed E-state index contributed by atoms with van der Waals surface area (Å²) < 4.78 is 8.94. The van der Waals surface area contributed by atoms with Crippen molar-refractivity contribution in [1.82, 2.24) is 24.5 Å². The van der Waals surface area contributed by atoms with Gasteiger partial charge in [0, 0.05) is 32.5 Å². The second kappa shape index (κ2) is 9.78. The number of carbonyl (C=O) groups is 2. The second-order valence-electron chi connectivity index (χ2n) is 7.94. The number of ether oxygens (including phenoxy) is 1. The second-order valence-corrected chi connectivity index (χ2v) is 7.94. The molecule has 0 bridgehead atoms. The van der Waals surface area contributed by atoms with Crippen LogP contribution in [0, 0.1) is 6.92 Å². The number of nitrogens with zero attached hydrogens (tertiary/aromatic N) is 5. The van der Waals surface area contributed by atoms with Gasteiger partial charge < -0.3 is 15.0 Å². The highest BCUT2D eigenvalue weighted by Gasteiger charge is 2.27. The molecule has 0 radical (unpaired) electrons. The molecule has 4 rings (SSSR count). The van der Waals surface area contributed by atoms with Crippen LogP contribution in [0.25, 0.3) is 0 Å². The molecule has 0 spiro atoms. The van der Waals surface area contributed by atoms with E-state index in [0.29, 0.717) is 18.9 Å². The van der Waals surface area contributed by atoms with E-state index in [9.17, 15) is 9.59 Å². The van der Waals surface area contributed by atoms with Crippen LogP contribution in [0.5, 0.6) is 0 Å². The first-order valence-corrected chi connectivity index (χ1v) is 10.7. The van der Waals surface area contributed by atoms with Crippen LogP contribution in [0.2, 0.25) is 0 Å². The monoisotopic (exact) mass is 436 g/mol. The molecule has 0 saturated carbocycles. The zero-order valence-corrected chi connectivity index (χ0v) is 18.3. The molecule has 2 aromatic heterocycles. The largest absolute Gasteiger partial charge is 0.367 e. The van der Waals surface area contributed by atoms with Crippen molar-refractivity contribution >= 4 is 17.6 Å². The molecule has 9 heteroatoms. The number of rotatable bonds is 7. The van der Waals surface area contributed by atoms with Crippen LogP contribution in [0.15, 0.2) is 54.9 Å². The van der Waals surface area contributed by atoms with E-state index in [1.807, 2.05) is 59.1 Å². The molecule has 1 atom stereocenters. The average Bonchev–Trinajstić information content (AvgIpc) is 3.43. The van der Waals surface area contributed by atoms with E-state index in [1.54, 1.807) is 16.9 Å². The van der Waals surface area contributed by atoms with Gasteiger partial charge in [-0.2, -0.15) is 10.2 Å². The number of hydrogen-bond donors (Lipinski definition) is 1. The fourth-order valence-electron chi connectivity index (χ4n) is 4.07. The maximum Gasteiger partial charge on any atom is 0.259 e. The highest BCUT2D eigenvalue weighted by Crippen LogP contribution is 2.27. The summed E-state index contributed by atoms with van der Waals surface area (Å²) in [6, 6.07) is 13.2. The van der Waals surface area contributed by atoms with Crippen molar-refractivity contribution in [3.63, 3.8) is 0 Å². The Morgan fingerprint density at radius 2 is 1.91 bits per heavy atom. The van der Waals surface area contributed by atoms with Crippen molar-refractivity contribution < 1.29 is 14.3 Å². The summed E-state index contributed by atoms with van der Waals surface area (Å²) in [5.74, 6) is 0.443. The Hall–Kier alpha value is -3.46. The van der Waals surface area contributed by atoms with Crippen molar-refractivity contribution in [2.45, 2.75) is 38.5 Å². The minimum Gasteiger partial charge on any atom is -0.367 e. The molecule has 1 aliphatic rings. The fourth-order valence-corrected chi connectivity index (χ4v) is 4.07. The number of benzene rings is 1. The van der Waals surface area contributed by atoms with Crippen LogP contribution >= 0.6 is 0 Å². The molecule has 168 valence electrons. The van der Waals surface area contributed by atoms with Crippen molar-refractivity contribution in [1.29, 1.82) is 0 Å². The number of amides is 2. The van der Waals surface area contributed by atoms with E-state index in [2.05, 4.69) is 15.5 Å². The van der Waals surface area contributed by atoms with Crippen molar-refractivity contribution in [2.24, 2.45) is 0 Å². The number of likely N-dealkylation sites (tertiary alicyclic amines) is 1. The van der Waals surface area contributed by atoms with Gasteiger partial charge in [-0.05, 0) is 31.4 Å². The lowest BCUT2D eigenvalue weighted by atomic mass is 10.1. The van der Waals surface area contributed by atoms with Crippen molar-refractivity contribution in [2.75, 3.05) is 25.5 Å². The van der Waals surface area contributed by atoms with Crippen molar-refractivity contribution in [3.8, 4) is 0 Å². The predicted octanol–water partition coefficient (Wildman–Crippen LogP) is 2.58. The molecule has 32 heavy (non-hydrogen) atoms. The maximum absolute atomic E-state index is 12.9. The summed E-state index contributed by atoms with van der Waals surface area (Å²) in [5, 5.41) is 11.7. The van der Waals surface area contributed by atoms with Gasteiger partial charge in [-0.15, -0.1) is 0 Å². The standard InChI is InChI=1S/C23H28N6O3/c1-17-9-15-28(26-17)16-21(30)27-13-10-19(11-14-27)29-20(8-12-24-29)25-23(31)22(32-2)18-6-4-3-5-7-18/h3-9,12,15,19,22H,10-11,13-14,16H2,1-2H3,(H,25,31)/t22-/m0/s1. The van der Waals surface area contributed by atoms with Gasteiger partial charge in [0.25, 0.3) is 5.91 Å². The number of piperidine rings is 1. The summed E-state index contributed by atoms with van der Waals surface area (Å²) in [4.78, 5) is 27.3.